The van der Waals surface area contributed by atoms with E-state index in [0.717, 1.165) is 35.9 Å². The Hall–Kier alpha value is -0.310. The lowest BCUT2D eigenvalue weighted by Gasteiger charge is -2.13. The van der Waals surface area contributed by atoms with Gasteiger partial charge in [-0.15, -0.1) is 11.6 Å². The van der Waals surface area contributed by atoms with Crippen LogP contribution in [0.1, 0.15) is 25.3 Å². The molecule has 0 aliphatic heterocycles. The van der Waals surface area contributed by atoms with E-state index in [1.54, 1.807) is 12.4 Å². The first-order valence-electron chi connectivity index (χ1n) is 5.11. The zero-order valence-corrected chi connectivity index (χ0v) is 10.4. The lowest BCUT2D eigenvalue weighted by atomic mass is 10.2. The molecule has 1 aromatic heterocycles. The Morgan fingerprint density at radius 1 is 1.53 bits per heavy atom. The van der Waals surface area contributed by atoms with Crippen LogP contribution in [0.2, 0.25) is 5.02 Å². The number of pyridine rings is 1. The molecule has 1 heterocycles. The minimum atomic E-state index is 0.466. The molecule has 1 N–H and O–H groups in total. The van der Waals surface area contributed by atoms with Gasteiger partial charge < -0.3 is 5.32 Å². The molecule has 1 unspecified atom stereocenters. The molecule has 0 aliphatic carbocycles. The summed E-state index contributed by atoms with van der Waals surface area (Å²) in [6, 6.07) is 2.40. The standard InChI is InChI=1S/C11H16Cl2N2/c1-9(3-2-5-12)15-7-10-4-6-14-8-11(10)13/h4,6,8-9,15H,2-3,5,7H2,1H3. The van der Waals surface area contributed by atoms with E-state index in [9.17, 15) is 0 Å². The van der Waals surface area contributed by atoms with E-state index in [2.05, 4.69) is 17.2 Å². The highest BCUT2D eigenvalue weighted by molar-refractivity contribution is 6.31. The Morgan fingerprint density at radius 3 is 3.00 bits per heavy atom. The second-order valence-electron chi connectivity index (χ2n) is 3.58. The molecule has 0 radical (unpaired) electrons. The first-order valence-corrected chi connectivity index (χ1v) is 6.03. The van der Waals surface area contributed by atoms with Crippen LogP contribution in [-0.2, 0) is 6.54 Å². The Balaban J connectivity index is 2.33. The first kappa shape index (κ1) is 12.8. The van der Waals surface area contributed by atoms with Gasteiger partial charge >= 0.3 is 0 Å². The highest BCUT2D eigenvalue weighted by atomic mass is 35.5. The molecule has 0 saturated carbocycles. The van der Waals surface area contributed by atoms with Gasteiger partial charge in [0.25, 0.3) is 0 Å². The van der Waals surface area contributed by atoms with Gasteiger partial charge in [-0.25, -0.2) is 0 Å². The van der Waals surface area contributed by atoms with Gasteiger partial charge in [-0.3, -0.25) is 4.98 Å². The normalized spacial score (nSPS) is 12.7. The van der Waals surface area contributed by atoms with Gasteiger partial charge in [0.15, 0.2) is 0 Å². The average Bonchev–Trinajstić information content (AvgIpc) is 2.25. The van der Waals surface area contributed by atoms with Crippen LogP contribution in [0.25, 0.3) is 0 Å². The number of rotatable bonds is 6. The highest BCUT2D eigenvalue weighted by Gasteiger charge is 2.03. The fraction of sp³-hybridized carbons (Fsp3) is 0.545. The van der Waals surface area contributed by atoms with Gasteiger partial charge in [0.2, 0.25) is 0 Å². The van der Waals surface area contributed by atoms with Crippen molar-refractivity contribution in [1.29, 1.82) is 0 Å². The van der Waals surface area contributed by atoms with E-state index in [1.807, 2.05) is 6.07 Å². The number of halogens is 2. The zero-order valence-electron chi connectivity index (χ0n) is 8.84. The number of nitrogens with one attached hydrogen (secondary N) is 1. The number of hydrogen-bond donors (Lipinski definition) is 1. The van der Waals surface area contributed by atoms with Gasteiger partial charge in [-0.05, 0) is 31.4 Å². The van der Waals surface area contributed by atoms with Gasteiger partial charge in [0, 0.05) is 30.9 Å². The number of aromatic nitrogens is 1. The van der Waals surface area contributed by atoms with E-state index in [0.29, 0.717) is 6.04 Å². The predicted octanol–water partition coefficient (Wildman–Crippen LogP) is 3.23. The molecule has 0 saturated heterocycles. The molecule has 0 spiro atoms. The van der Waals surface area contributed by atoms with Crippen molar-refractivity contribution in [2.45, 2.75) is 32.4 Å². The van der Waals surface area contributed by atoms with Crippen LogP contribution in [0, 0.1) is 0 Å². The monoisotopic (exact) mass is 246 g/mol. The lowest BCUT2D eigenvalue weighted by molar-refractivity contribution is 0.509. The van der Waals surface area contributed by atoms with E-state index in [-0.39, 0.29) is 0 Å². The molecule has 15 heavy (non-hydrogen) atoms. The molecular weight excluding hydrogens is 231 g/mol. The molecule has 2 nitrogen and oxygen atoms in total. The van der Waals surface area contributed by atoms with Gasteiger partial charge in [-0.1, -0.05) is 11.6 Å². The summed E-state index contributed by atoms with van der Waals surface area (Å²) in [4.78, 5) is 3.94. The maximum atomic E-state index is 5.99. The second kappa shape index (κ2) is 7.04. The Morgan fingerprint density at radius 2 is 2.33 bits per heavy atom. The minimum absolute atomic E-state index is 0.466. The number of alkyl halides is 1. The van der Waals surface area contributed by atoms with Crippen molar-refractivity contribution in [3.8, 4) is 0 Å². The smallest absolute Gasteiger partial charge is 0.0634 e. The number of hydrogen-bond acceptors (Lipinski definition) is 2. The summed E-state index contributed by atoms with van der Waals surface area (Å²) in [5, 5.41) is 4.12. The Labute approximate surface area is 101 Å². The summed E-state index contributed by atoms with van der Waals surface area (Å²) in [5.41, 5.74) is 1.09. The molecule has 4 heteroatoms. The Bertz CT molecular complexity index is 292. The molecule has 84 valence electrons. The summed E-state index contributed by atoms with van der Waals surface area (Å²) in [7, 11) is 0. The molecule has 1 atom stereocenters. The third kappa shape index (κ3) is 4.83. The van der Waals surface area contributed by atoms with E-state index < -0.39 is 0 Å². The van der Waals surface area contributed by atoms with Crippen molar-refractivity contribution in [1.82, 2.24) is 10.3 Å². The molecule has 1 aromatic rings. The Kier molecular flexibility index (Phi) is 5.99. The third-order valence-electron chi connectivity index (χ3n) is 2.27. The summed E-state index contributed by atoms with van der Waals surface area (Å²) in [6.45, 7) is 2.94. The zero-order chi connectivity index (χ0) is 11.1. The van der Waals surface area contributed by atoms with Gasteiger partial charge in [0.1, 0.15) is 0 Å². The quantitative estimate of drug-likeness (QED) is 0.780. The van der Waals surface area contributed by atoms with Crippen LogP contribution >= 0.6 is 23.2 Å². The largest absolute Gasteiger partial charge is 0.310 e. The van der Waals surface area contributed by atoms with Crippen LogP contribution < -0.4 is 5.32 Å². The molecule has 0 bridgehead atoms. The van der Waals surface area contributed by atoms with E-state index in [1.165, 1.54) is 0 Å². The van der Waals surface area contributed by atoms with Crippen molar-refractivity contribution in [3.05, 3.63) is 29.0 Å². The second-order valence-corrected chi connectivity index (χ2v) is 4.37. The maximum Gasteiger partial charge on any atom is 0.0634 e. The molecule has 0 aromatic carbocycles. The van der Waals surface area contributed by atoms with Gasteiger partial charge in [0.05, 0.1) is 5.02 Å². The van der Waals surface area contributed by atoms with Crippen LogP contribution in [-0.4, -0.2) is 16.9 Å². The van der Waals surface area contributed by atoms with E-state index >= 15 is 0 Å². The molecule has 1 rings (SSSR count). The lowest BCUT2D eigenvalue weighted by Crippen LogP contribution is -2.25. The average molecular weight is 247 g/mol. The van der Waals surface area contributed by atoms with Crippen molar-refractivity contribution < 1.29 is 0 Å². The molecular formula is C11H16Cl2N2. The summed E-state index contributed by atoms with van der Waals surface area (Å²) >= 11 is 11.6. The predicted molar refractivity (Wildman–Crippen MR) is 65.5 cm³/mol. The summed E-state index contributed by atoms with van der Waals surface area (Å²) in [5.74, 6) is 0.724. The van der Waals surface area contributed by atoms with Crippen molar-refractivity contribution >= 4 is 23.2 Å². The van der Waals surface area contributed by atoms with Crippen molar-refractivity contribution in [2.75, 3.05) is 5.88 Å². The topological polar surface area (TPSA) is 24.9 Å². The van der Waals surface area contributed by atoms with Gasteiger partial charge in [-0.2, -0.15) is 0 Å². The van der Waals surface area contributed by atoms with E-state index in [4.69, 9.17) is 23.2 Å². The summed E-state index contributed by atoms with van der Waals surface area (Å²) < 4.78 is 0. The summed E-state index contributed by atoms with van der Waals surface area (Å²) in [6.07, 6.45) is 5.56. The molecule has 0 amide bonds. The maximum absolute atomic E-state index is 5.99. The first-order chi connectivity index (χ1) is 7.24. The third-order valence-corrected chi connectivity index (χ3v) is 2.88. The van der Waals surface area contributed by atoms with Crippen LogP contribution in [0.4, 0.5) is 0 Å². The SMILES string of the molecule is CC(CCCCl)NCc1ccncc1Cl. The van der Waals surface area contributed by atoms with Crippen LogP contribution in [0.15, 0.2) is 18.5 Å². The molecule has 0 fully saturated rings. The molecule has 0 aliphatic rings. The number of nitrogens with zero attached hydrogens (tertiary/aromatic N) is 1. The van der Waals surface area contributed by atoms with Crippen LogP contribution in [0.5, 0.6) is 0 Å². The minimum Gasteiger partial charge on any atom is -0.310 e. The fourth-order valence-corrected chi connectivity index (χ4v) is 1.66. The van der Waals surface area contributed by atoms with Crippen molar-refractivity contribution in [3.63, 3.8) is 0 Å². The fourth-order valence-electron chi connectivity index (χ4n) is 1.32. The highest BCUT2D eigenvalue weighted by Crippen LogP contribution is 2.13. The van der Waals surface area contributed by atoms with Crippen molar-refractivity contribution in [2.24, 2.45) is 0 Å². The van der Waals surface area contributed by atoms with Crippen LogP contribution in [0.3, 0.4) is 0 Å².